The number of hydrogen-bond donors (Lipinski definition) is 2. The summed E-state index contributed by atoms with van der Waals surface area (Å²) in [4.78, 5) is 11.3. The van der Waals surface area contributed by atoms with Gasteiger partial charge < -0.3 is 4.42 Å². The van der Waals surface area contributed by atoms with E-state index in [1.54, 1.807) is 17.8 Å². The molecule has 0 fully saturated rings. The van der Waals surface area contributed by atoms with Gasteiger partial charge in [-0.05, 0) is 17.7 Å². The number of amides is 1. The highest BCUT2D eigenvalue weighted by atomic mass is 32.2. The van der Waals surface area contributed by atoms with Crippen LogP contribution in [0.5, 0.6) is 0 Å². The van der Waals surface area contributed by atoms with Gasteiger partial charge in [-0.15, -0.1) is 0 Å². The Morgan fingerprint density at radius 3 is 3.00 bits per heavy atom. The second-order valence-electron chi connectivity index (χ2n) is 3.66. The van der Waals surface area contributed by atoms with Crippen LogP contribution in [0.1, 0.15) is 30.0 Å². The van der Waals surface area contributed by atoms with Gasteiger partial charge in [0.1, 0.15) is 0 Å². The first-order valence-electron chi connectivity index (χ1n) is 4.80. The van der Waals surface area contributed by atoms with Crippen molar-refractivity contribution in [2.45, 2.75) is 19.6 Å². The van der Waals surface area contributed by atoms with Crippen LogP contribution in [-0.2, 0) is 5.75 Å². The Morgan fingerprint density at radius 2 is 2.40 bits per heavy atom. The minimum Gasteiger partial charge on any atom is -0.459 e. The maximum Gasteiger partial charge on any atom is 0.301 e. The minimum absolute atomic E-state index is 0.314. The molecule has 0 spiro atoms. The molecule has 0 saturated carbocycles. The van der Waals surface area contributed by atoms with Crippen molar-refractivity contribution in [2.75, 3.05) is 5.75 Å². The first-order valence-corrected chi connectivity index (χ1v) is 5.95. The quantitative estimate of drug-likeness (QED) is 0.458. The fourth-order valence-electron chi connectivity index (χ4n) is 1.12. The van der Waals surface area contributed by atoms with Crippen LogP contribution < -0.4 is 11.3 Å². The van der Waals surface area contributed by atoms with E-state index in [0.717, 1.165) is 17.1 Å². The molecule has 0 unspecified atom stereocenters. The lowest BCUT2D eigenvalue weighted by Gasteiger charge is -2.04. The van der Waals surface area contributed by atoms with Crippen LogP contribution in [0, 0.1) is 5.92 Å². The summed E-state index contributed by atoms with van der Waals surface area (Å²) in [5, 5.41) is 0. The number of nitrogens with two attached hydrogens (primary N) is 1. The fraction of sp³-hybridized carbons (Fsp3) is 0.500. The van der Waals surface area contributed by atoms with E-state index in [1.807, 2.05) is 0 Å². The molecule has 1 aromatic heterocycles. The maximum atomic E-state index is 11.3. The molecule has 1 rings (SSSR count). The van der Waals surface area contributed by atoms with Gasteiger partial charge in [-0.2, -0.15) is 11.8 Å². The summed E-state index contributed by atoms with van der Waals surface area (Å²) in [7, 11) is 0. The Labute approximate surface area is 93.6 Å². The molecule has 84 valence electrons. The van der Waals surface area contributed by atoms with Crippen LogP contribution in [0.3, 0.4) is 0 Å². The van der Waals surface area contributed by atoms with Crippen LogP contribution in [0.15, 0.2) is 16.7 Å². The molecule has 4 nitrogen and oxygen atoms in total. The highest BCUT2D eigenvalue weighted by molar-refractivity contribution is 7.98. The maximum absolute atomic E-state index is 11.3. The Morgan fingerprint density at radius 1 is 1.67 bits per heavy atom. The zero-order valence-corrected chi connectivity index (χ0v) is 9.76. The molecule has 3 N–H and O–H groups in total. The van der Waals surface area contributed by atoms with E-state index in [1.165, 1.54) is 6.26 Å². The number of furan rings is 1. The van der Waals surface area contributed by atoms with E-state index in [-0.39, 0.29) is 5.91 Å². The minimum atomic E-state index is -0.375. The number of nitrogens with one attached hydrogen (secondary N) is 1. The van der Waals surface area contributed by atoms with Gasteiger partial charge >= 0.3 is 5.91 Å². The smallest absolute Gasteiger partial charge is 0.301 e. The molecule has 0 aromatic carbocycles. The normalized spacial score (nSPS) is 10.7. The van der Waals surface area contributed by atoms with Crippen molar-refractivity contribution in [3.8, 4) is 0 Å². The molecule has 1 aromatic rings. The molecule has 0 saturated heterocycles. The zero-order valence-electron chi connectivity index (χ0n) is 8.95. The molecular weight excluding hydrogens is 212 g/mol. The summed E-state index contributed by atoms with van der Waals surface area (Å²) in [5.74, 6) is 7.47. The Hall–Kier alpha value is -0.940. The van der Waals surface area contributed by atoms with Crippen molar-refractivity contribution < 1.29 is 9.21 Å². The molecule has 0 radical (unpaired) electrons. The van der Waals surface area contributed by atoms with Gasteiger partial charge in [-0.25, -0.2) is 5.84 Å². The fourth-order valence-corrected chi connectivity index (χ4v) is 2.16. The standard InChI is InChI=1S/C10H16N2O2S/c1-7(2)5-15-6-8-3-4-14-9(8)10(13)12-11/h3-4,7H,5-6,11H2,1-2H3,(H,12,13). The summed E-state index contributed by atoms with van der Waals surface area (Å²) in [6, 6.07) is 1.80. The van der Waals surface area contributed by atoms with Crippen LogP contribution in [0.25, 0.3) is 0 Å². The van der Waals surface area contributed by atoms with Gasteiger partial charge in [0.25, 0.3) is 0 Å². The van der Waals surface area contributed by atoms with Gasteiger partial charge in [0.05, 0.1) is 6.26 Å². The zero-order chi connectivity index (χ0) is 11.3. The number of hydrazine groups is 1. The molecule has 0 aliphatic rings. The molecule has 5 heteroatoms. The van der Waals surface area contributed by atoms with Crippen molar-refractivity contribution in [3.63, 3.8) is 0 Å². The van der Waals surface area contributed by atoms with Crippen molar-refractivity contribution in [1.82, 2.24) is 5.43 Å². The van der Waals surface area contributed by atoms with Gasteiger partial charge in [-0.1, -0.05) is 13.8 Å². The number of rotatable bonds is 5. The van der Waals surface area contributed by atoms with Crippen LogP contribution in [0.4, 0.5) is 0 Å². The second kappa shape index (κ2) is 5.82. The van der Waals surface area contributed by atoms with E-state index in [9.17, 15) is 4.79 Å². The number of carbonyl (C=O) groups excluding carboxylic acids is 1. The number of hydrogen-bond acceptors (Lipinski definition) is 4. The highest BCUT2D eigenvalue weighted by Gasteiger charge is 2.13. The molecule has 15 heavy (non-hydrogen) atoms. The van der Waals surface area contributed by atoms with Crippen molar-refractivity contribution >= 4 is 17.7 Å². The lowest BCUT2D eigenvalue weighted by Crippen LogP contribution is -2.30. The lowest BCUT2D eigenvalue weighted by molar-refractivity contribution is 0.0925. The molecule has 0 aliphatic carbocycles. The molecule has 1 heterocycles. The number of carbonyl (C=O) groups is 1. The van der Waals surface area contributed by atoms with E-state index in [0.29, 0.717) is 11.7 Å². The Balaban J connectivity index is 2.54. The first kappa shape index (κ1) is 12.1. The Kier molecular flexibility index (Phi) is 4.71. The topological polar surface area (TPSA) is 68.3 Å². The van der Waals surface area contributed by atoms with E-state index >= 15 is 0 Å². The summed E-state index contributed by atoms with van der Waals surface area (Å²) in [6.07, 6.45) is 1.51. The Bertz CT molecular complexity index is 323. The lowest BCUT2D eigenvalue weighted by atomic mass is 10.3. The summed E-state index contributed by atoms with van der Waals surface area (Å²) in [6.45, 7) is 4.33. The third kappa shape index (κ3) is 3.60. The molecule has 0 aliphatic heterocycles. The predicted molar refractivity (Wildman–Crippen MR) is 61.4 cm³/mol. The monoisotopic (exact) mass is 228 g/mol. The average molecular weight is 228 g/mol. The van der Waals surface area contributed by atoms with E-state index in [2.05, 4.69) is 19.3 Å². The van der Waals surface area contributed by atoms with E-state index < -0.39 is 0 Å². The largest absolute Gasteiger partial charge is 0.459 e. The molecule has 0 atom stereocenters. The SMILES string of the molecule is CC(C)CSCc1ccoc1C(=O)NN. The summed E-state index contributed by atoms with van der Waals surface area (Å²) < 4.78 is 5.07. The first-order chi connectivity index (χ1) is 7.15. The van der Waals surface area contributed by atoms with Crippen LogP contribution >= 0.6 is 11.8 Å². The average Bonchev–Trinajstić information content (AvgIpc) is 2.64. The second-order valence-corrected chi connectivity index (χ2v) is 4.69. The summed E-state index contributed by atoms with van der Waals surface area (Å²) in [5.41, 5.74) is 2.96. The molecule has 0 bridgehead atoms. The van der Waals surface area contributed by atoms with Crippen molar-refractivity contribution in [1.29, 1.82) is 0 Å². The molecular formula is C10H16N2O2S. The third-order valence-electron chi connectivity index (χ3n) is 1.79. The van der Waals surface area contributed by atoms with Crippen LogP contribution in [0.2, 0.25) is 0 Å². The number of nitrogen functional groups attached to an aromatic ring is 1. The predicted octanol–water partition coefficient (Wildman–Crippen LogP) is 1.77. The number of thioether (sulfide) groups is 1. The van der Waals surface area contributed by atoms with Gasteiger partial charge in [0, 0.05) is 11.3 Å². The highest BCUT2D eigenvalue weighted by Crippen LogP contribution is 2.19. The van der Waals surface area contributed by atoms with Gasteiger partial charge in [0.15, 0.2) is 5.76 Å². The van der Waals surface area contributed by atoms with Crippen LogP contribution in [-0.4, -0.2) is 11.7 Å². The third-order valence-corrected chi connectivity index (χ3v) is 3.21. The van der Waals surface area contributed by atoms with E-state index in [4.69, 9.17) is 10.3 Å². The summed E-state index contributed by atoms with van der Waals surface area (Å²) >= 11 is 1.78. The molecule has 1 amide bonds. The van der Waals surface area contributed by atoms with Crippen molar-refractivity contribution in [2.24, 2.45) is 11.8 Å². The van der Waals surface area contributed by atoms with Gasteiger partial charge in [0.2, 0.25) is 0 Å². The van der Waals surface area contributed by atoms with Gasteiger partial charge in [-0.3, -0.25) is 10.2 Å². The van der Waals surface area contributed by atoms with Crippen molar-refractivity contribution in [3.05, 3.63) is 23.7 Å².